The highest BCUT2D eigenvalue weighted by atomic mass is 16.5. The molecule has 2 rings (SSSR count). The number of aromatic nitrogens is 1. The van der Waals surface area contributed by atoms with Crippen LogP contribution in [0.3, 0.4) is 0 Å². The first-order chi connectivity index (χ1) is 12.9. The number of ether oxygens (including phenoxy) is 1. The summed E-state index contributed by atoms with van der Waals surface area (Å²) in [6, 6.07) is 7.95. The minimum absolute atomic E-state index is 0.205. The normalized spacial score (nSPS) is 10.7. The Labute approximate surface area is 161 Å². The van der Waals surface area contributed by atoms with Crippen molar-refractivity contribution in [1.29, 1.82) is 0 Å². The number of nitrogens with zero attached hydrogens (tertiary/aromatic N) is 1. The molecule has 0 aliphatic heterocycles. The van der Waals surface area contributed by atoms with E-state index < -0.39 is 0 Å². The number of hydrogen-bond donors (Lipinski definition) is 1. The van der Waals surface area contributed by atoms with E-state index >= 15 is 0 Å². The average molecular weight is 370 g/mol. The van der Waals surface area contributed by atoms with E-state index in [1.807, 2.05) is 42.7 Å². The number of benzene rings is 1. The number of anilines is 1. The van der Waals surface area contributed by atoms with Gasteiger partial charge in [-0.3, -0.25) is 4.79 Å². The number of amides is 1. The van der Waals surface area contributed by atoms with Crippen molar-refractivity contribution in [2.75, 3.05) is 11.9 Å². The quantitative estimate of drug-likeness (QED) is 0.673. The van der Waals surface area contributed by atoms with E-state index in [9.17, 15) is 9.59 Å². The number of carbonyl (C=O) groups excluding carboxylic acids is 2. The van der Waals surface area contributed by atoms with E-state index in [4.69, 9.17) is 4.74 Å². The predicted octanol–water partition coefficient (Wildman–Crippen LogP) is 4.90. The van der Waals surface area contributed by atoms with Crippen molar-refractivity contribution in [3.8, 4) is 0 Å². The minimum Gasteiger partial charge on any atom is -0.461 e. The van der Waals surface area contributed by atoms with Gasteiger partial charge in [0.25, 0.3) is 5.91 Å². The van der Waals surface area contributed by atoms with E-state index in [0.717, 1.165) is 30.6 Å². The van der Waals surface area contributed by atoms with Crippen LogP contribution in [-0.2, 0) is 17.7 Å². The molecule has 0 atom stereocenters. The van der Waals surface area contributed by atoms with Crippen LogP contribution in [0.4, 0.5) is 5.69 Å². The minimum atomic E-state index is -0.390. The summed E-state index contributed by atoms with van der Waals surface area (Å²) in [5, 5.41) is 2.95. The standard InChI is InChI=1S/C22H30N2O3/c1-6-9-10-17-11-13-18(14-12-17)23-21(25)19-15(4)20(22(26)27-8-3)24(7-2)16(19)5/h11-14H,6-10H2,1-5H3,(H,23,25). The third-order valence-corrected chi connectivity index (χ3v) is 4.81. The molecule has 27 heavy (non-hydrogen) atoms. The Morgan fingerprint density at radius 1 is 1.07 bits per heavy atom. The molecule has 1 heterocycles. The Bertz CT molecular complexity index is 804. The lowest BCUT2D eigenvalue weighted by molar-refractivity contribution is 0.0512. The number of hydrogen-bond acceptors (Lipinski definition) is 3. The summed E-state index contributed by atoms with van der Waals surface area (Å²) in [7, 11) is 0. The van der Waals surface area contributed by atoms with E-state index in [2.05, 4.69) is 12.2 Å². The van der Waals surface area contributed by atoms with Gasteiger partial charge in [-0.2, -0.15) is 0 Å². The van der Waals surface area contributed by atoms with Gasteiger partial charge in [-0.1, -0.05) is 25.5 Å². The van der Waals surface area contributed by atoms with Crippen molar-refractivity contribution < 1.29 is 14.3 Å². The summed E-state index contributed by atoms with van der Waals surface area (Å²) < 4.78 is 7.01. The lowest BCUT2D eigenvalue weighted by atomic mass is 10.1. The van der Waals surface area contributed by atoms with Crippen molar-refractivity contribution in [3.63, 3.8) is 0 Å². The molecule has 1 amide bonds. The molecule has 0 aliphatic carbocycles. The van der Waals surface area contributed by atoms with Gasteiger partial charge in [0.1, 0.15) is 5.69 Å². The molecule has 0 saturated carbocycles. The van der Waals surface area contributed by atoms with E-state index in [0.29, 0.717) is 30.0 Å². The molecule has 1 N–H and O–H groups in total. The second kappa shape index (κ2) is 9.40. The van der Waals surface area contributed by atoms with Gasteiger partial charge in [0.15, 0.2) is 0 Å². The molecule has 0 unspecified atom stereocenters. The number of aryl methyl sites for hydroxylation is 1. The molecule has 5 nitrogen and oxygen atoms in total. The predicted molar refractivity (Wildman–Crippen MR) is 109 cm³/mol. The molecule has 0 radical (unpaired) electrons. The Hall–Kier alpha value is -2.56. The molecule has 5 heteroatoms. The summed E-state index contributed by atoms with van der Waals surface area (Å²) in [5.74, 6) is -0.594. The van der Waals surface area contributed by atoms with Gasteiger partial charge in [0.05, 0.1) is 12.2 Å². The van der Waals surface area contributed by atoms with Gasteiger partial charge < -0.3 is 14.6 Å². The Morgan fingerprint density at radius 2 is 1.74 bits per heavy atom. The smallest absolute Gasteiger partial charge is 0.355 e. The third-order valence-electron chi connectivity index (χ3n) is 4.81. The largest absolute Gasteiger partial charge is 0.461 e. The number of nitrogens with one attached hydrogen (secondary N) is 1. The zero-order chi connectivity index (χ0) is 20.0. The number of unbranched alkanes of at least 4 members (excludes halogenated alkanes) is 1. The molecule has 2 aromatic rings. The highest BCUT2D eigenvalue weighted by Crippen LogP contribution is 2.24. The van der Waals surface area contributed by atoms with Crippen molar-refractivity contribution >= 4 is 17.6 Å². The molecular formula is C22H30N2O3. The van der Waals surface area contributed by atoms with Gasteiger partial charge in [0, 0.05) is 17.9 Å². The van der Waals surface area contributed by atoms with Gasteiger partial charge in [-0.25, -0.2) is 4.79 Å². The summed E-state index contributed by atoms with van der Waals surface area (Å²) in [6.45, 7) is 10.5. The molecule has 1 aromatic heterocycles. The lowest BCUT2D eigenvalue weighted by Crippen LogP contribution is -2.14. The number of rotatable bonds is 8. The maximum Gasteiger partial charge on any atom is 0.355 e. The maximum atomic E-state index is 12.9. The number of carbonyl (C=O) groups is 2. The Kier molecular flexibility index (Phi) is 7.22. The summed E-state index contributed by atoms with van der Waals surface area (Å²) in [4.78, 5) is 25.2. The molecule has 0 bridgehead atoms. The second-order valence-corrected chi connectivity index (χ2v) is 6.65. The van der Waals surface area contributed by atoms with Crippen LogP contribution in [0.1, 0.15) is 71.3 Å². The molecule has 1 aromatic carbocycles. The first-order valence-corrected chi connectivity index (χ1v) is 9.71. The SMILES string of the molecule is CCCCc1ccc(NC(=O)c2c(C)c(C(=O)OCC)n(CC)c2C)cc1. The van der Waals surface area contributed by atoms with Crippen molar-refractivity contribution in [1.82, 2.24) is 4.57 Å². The first-order valence-electron chi connectivity index (χ1n) is 9.71. The van der Waals surface area contributed by atoms with E-state index in [1.54, 1.807) is 13.8 Å². The monoisotopic (exact) mass is 370 g/mol. The molecule has 0 spiro atoms. The summed E-state index contributed by atoms with van der Waals surface area (Å²) in [5.41, 5.74) is 4.44. The van der Waals surface area contributed by atoms with Gasteiger partial charge in [0.2, 0.25) is 0 Å². The third kappa shape index (κ3) is 4.59. The second-order valence-electron chi connectivity index (χ2n) is 6.65. The van der Waals surface area contributed by atoms with E-state index in [-0.39, 0.29) is 11.9 Å². The maximum absolute atomic E-state index is 12.9. The molecule has 0 fully saturated rings. The van der Waals surface area contributed by atoms with Crippen LogP contribution in [0.5, 0.6) is 0 Å². The van der Waals surface area contributed by atoms with Crippen LogP contribution in [0, 0.1) is 13.8 Å². The summed E-state index contributed by atoms with van der Waals surface area (Å²) in [6.07, 6.45) is 3.37. The summed E-state index contributed by atoms with van der Waals surface area (Å²) >= 11 is 0. The van der Waals surface area contributed by atoms with Crippen LogP contribution < -0.4 is 5.32 Å². The molecule has 0 aliphatic rings. The zero-order valence-electron chi connectivity index (χ0n) is 17.0. The fourth-order valence-corrected chi connectivity index (χ4v) is 3.42. The van der Waals surface area contributed by atoms with Crippen molar-refractivity contribution in [2.24, 2.45) is 0 Å². The van der Waals surface area contributed by atoms with Crippen LogP contribution in [0.2, 0.25) is 0 Å². The average Bonchev–Trinajstić information content (AvgIpc) is 2.91. The Morgan fingerprint density at radius 3 is 2.30 bits per heavy atom. The van der Waals surface area contributed by atoms with Crippen LogP contribution in [0.25, 0.3) is 0 Å². The van der Waals surface area contributed by atoms with Gasteiger partial charge in [-0.15, -0.1) is 0 Å². The topological polar surface area (TPSA) is 60.3 Å². The lowest BCUT2D eigenvalue weighted by Gasteiger charge is -2.09. The van der Waals surface area contributed by atoms with Crippen LogP contribution >= 0.6 is 0 Å². The number of esters is 1. The first kappa shape index (κ1) is 20.7. The van der Waals surface area contributed by atoms with Gasteiger partial charge in [-0.05, 0) is 63.8 Å². The Balaban J connectivity index is 2.27. The highest BCUT2D eigenvalue weighted by molar-refractivity contribution is 6.08. The van der Waals surface area contributed by atoms with Crippen molar-refractivity contribution in [3.05, 3.63) is 52.3 Å². The fourth-order valence-electron chi connectivity index (χ4n) is 3.42. The highest BCUT2D eigenvalue weighted by Gasteiger charge is 2.26. The molecule has 0 saturated heterocycles. The van der Waals surface area contributed by atoms with Crippen LogP contribution in [-0.4, -0.2) is 23.1 Å². The zero-order valence-corrected chi connectivity index (χ0v) is 17.0. The molecule has 146 valence electrons. The van der Waals surface area contributed by atoms with Crippen molar-refractivity contribution in [2.45, 2.75) is 60.4 Å². The van der Waals surface area contributed by atoms with Gasteiger partial charge >= 0.3 is 5.97 Å². The van der Waals surface area contributed by atoms with E-state index in [1.165, 1.54) is 5.56 Å². The fraction of sp³-hybridized carbons (Fsp3) is 0.455. The molecular weight excluding hydrogens is 340 g/mol. The van der Waals surface area contributed by atoms with Crippen LogP contribution in [0.15, 0.2) is 24.3 Å².